The Kier molecular flexibility index (Phi) is 2.82. The summed E-state index contributed by atoms with van der Waals surface area (Å²) in [5, 5.41) is 0. The first kappa shape index (κ1) is 12.2. The lowest BCUT2D eigenvalue weighted by Crippen LogP contribution is -1.95. The number of benzene rings is 2. The molecule has 0 N–H and O–H groups in total. The van der Waals surface area contributed by atoms with Crippen LogP contribution in [-0.2, 0) is 6.42 Å². The predicted octanol–water partition coefficient (Wildman–Crippen LogP) is 5.24. The van der Waals surface area contributed by atoms with Gasteiger partial charge in [-0.15, -0.1) is 0 Å². The van der Waals surface area contributed by atoms with E-state index in [2.05, 4.69) is 64.1 Å². The summed E-state index contributed by atoms with van der Waals surface area (Å²) >= 11 is 0. The number of aryl methyl sites for hydroxylation is 3. The molecular formula is C19H20. The van der Waals surface area contributed by atoms with Crippen LogP contribution in [0.3, 0.4) is 0 Å². The molecule has 19 heavy (non-hydrogen) atoms. The van der Waals surface area contributed by atoms with Crippen molar-refractivity contribution in [2.24, 2.45) is 0 Å². The molecule has 0 radical (unpaired) electrons. The fourth-order valence-corrected chi connectivity index (χ4v) is 3.21. The number of fused-ring (bicyclic) bond motifs is 1. The molecule has 0 amide bonds. The van der Waals surface area contributed by atoms with Gasteiger partial charge in [0.15, 0.2) is 0 Å². The van der Waals surface area contributed by atoms with Gasteiger partial charge in [0.05, 0.1) is 0 Å². The van der Waals surface area contributed by atoms with Crippen molar-refractivity contribution in [1.82, 2.24) is 0 Å². The van der Waals surface area contributed by atoms with Crippen molar-refractivity contribution in [3.05, 3.63) is 63.7 Å². The van der Waals surface area contributed by atoms with Crippen molar-refractivity contribution in [3.63, 3.8) is 0 Å². The van der Waals surface area contributed by atoms with Crippen LogP contribution in [0.15, 0.2) is 35.9 Å². The van der Waals surface area contributed by atoms with Crippen LogP contribution < -0.4 is 0 Å². The van der Waals surface area contributed by atoms with Gasteiger partial charge in [0.1, 0.15) is 0 Å². The van der Waals surface area contributed by atoms with Crippen LogP contribution in [0.2, 0.25) is 0 Å². The summed E-state index contributed by atoms with van der Waals surface area (Å²) in [5.41, 5.74) is 11.4. The molecule has 0 saturated heterocycles. The molecule has 0 bridgehead atoms. The highest BCUT2D eigenvalue weighted by Crippen LogP contribution is 2.38. The lowest BCUT2D eigenvalue weighted by atomic mass is 9.89. The lowest BCUT2D eigenvalue weighted by molar-refractivity contribution is 1.16. The van der Waals surface area contributed by atoms with Crippen LogP contribution in [0.4, 0.5) is 0 Å². The normalized spacial score (nSPS) is 13.4. The van der Waals surface area contributed by atoms with Gasteiger partial charge >= 0.3 is 0 Å². The highest BCUT2D eigenvalue weighted by Gasteiger charge is 2.18. The zero-order valence-corrected chi connectivity index (χ0v) is 12.2. The minimum absolute atomic E-state index is 1.11. The molecule has 0 unspecified atom stereocenters. The average Bonchev–Trinajstić information content (AvgIpc) is 2.74. The first-order valence-electron chi connectivity index (χ1n) is 6.94. The molecule has 1 aliphatic carbocycles. The molecule has 0 spiro atoms. The zero-order valence-electron chi connectivity index (χ0n) is 12.2. The molecule has 2 aromatic carbocycles. The summed E-state index contributed by atoms with van der Waals surface area (Å²) < 4.78 is 0. The summed E-state index contributed by atoms with van der Waals surface area (Å²) in [6.07, 6.45) is 3.48. The van der Waals surface area contributed by atoms with Gasteiger partial charge in [-0.25, -0.2) is 0 Å². The molecule has 0 heteroatoms. The van der Waals surface area contributed by atoms with Crippen LogP contribution in [0.5, 0.6) is 0 Å². The van der Waals surface area contributed by atoms with Crippen LogP contribution in [0, 0.1) is 20.8 Å². The van der Waals surface area contributed by atoms with E-state index in [0.29, 0.717) is 0 Å². The Morgan fingerprint density at radius 3 is 2.16 bits per heavy atom. The zero-order chi connectivity index (χ0) is 13.6. The third kappa shape index (κ3) is 1.92. The molecule has 0 aromatic heterocycles. The highest BCUT2D eigenvalue weighted by molar-refractivity contribution is 5.84. The maximum atomic E-state index is 2.36. The Labute approximate surface area is 115 Å². The van der Waals surface area contributed by atoms with Gasteiger partial charge in [-0.2, -0.15) is 0 Å². The summed E-state index contributed by atoms with van der Waals surface area (Å²) in [6.45, 7) is 8.87. The Balaban J connectivity index is 2.31. The van der Waals surface area contributed by atoms with Gasteiger partial charge in [-0.3, -0.25) is 0 Å². The Hall–Kier alpha value is -1.82. The molecule has 0 aliphatic heterocycles. The molecule has 3 rings (SSSR count). The molecule has 1 aliphatic rings. The van der Waals surface area contributed by atoms with Gasteiger partial charge in [0.2, 0.25) is 0 Å². The largest absolute Gasteiger partial charge is 0.0683 e. The number of hydrogen-bond donors (Lipinski definition) is 0. The third-order valence-electron chi connectivity index (χ3n) is 4.19. The van der Waals surface area contributed by atoms with Crippen molar-refractivity contribution < 1.29 is 0 Å². The van der Waals surface area contributed by atoms with Gasteiger partial charge < -0.3 is 0 Å². The number of allylic oxidation sites excluding steroid dienone is 1. The second kappa shape index (κ2) is 4.38. The van der Waals surface area contributed by atoms with E-state index in [-0.39, 0.29) is 0 Å². The minimum Gasteiger partial charge on any atom is -0.0683 e. The van der Waals surface area contributed by atoms with Crippen LogP contribution >= 0.6 is 0 Å². The smallest absolute Gasteiger partial charge is 0.00577 e. The maximum Gasteiger partial charge on any atom is -0.00577 e. The van der Waals surface area contributed by atoms with Crippen LogP contribution in [-0.4, -0.2) is 0 Å². The van der Waals surface area contributed by atoms with E-state index in [1.54, 1.807) is 0 Å². The van der Waals surface area contributed by atoms with Crippen LogP contribution in [0.25, 0.3) is 17.2 Å². The quantitative estimate of drug-likeness (QED) is 0.647. The van der Waals surface area contributed by atoms with E-state index in [4.69, 9.17) is 0 Å². The van der Waals surface area contributed by atoms with E-state index in [0.717, 1.165) is 6.42 Å². The first-order chi connectivity index (χ1) is 9.08. The molecular weight excluding hydrogens is 228 g/mol. The van der Waals surface area contributed by atoms with E-state index >= 15 is 0 Å². The molecule has 0 heterocycles. The molecule has 0 atom stereocenters. The average molecular weight is 248 g/mol. The second-order valence-corrected chi connectivity index (χ2v) is 5.76. The summed E-state index contributed by atoms with van der Waals surface area (Å²) in [6, 6.07) is 11.1. The molecule has 2 aromatic rings. The standard InChI is InChI=1S/C19H20/c1-12-10-17-13(2)8-9-16(18(17)11-12)19-14(3)6-5-7-15(19)4/h5-9,11H,10H2,1-4H3. The maximum absolute atomic E-state index is 2.36. The number of rotatable bonds is 1. The topological polar surface area (TPSA) is 0 Å². The van der Waals surface area contributed by atoms with Crippen LogP contribution in [0.1, 0.15) is 34.7 Å². The second-order valence-electron chi connectivity index (χ2n) is 5.76. The Bertz CT molecular complexity index is 667. The lowest BCUT2D eigenvalue weighted by Gasteiger charge is -2.15. The van der Waals surface area contributed by atoms with E-state index in [1.807, 2.05) is 0 Å². The fourth-order valence-electron chi connectivity index (χ4n) is 3.21. The predicted molar refractivity (Wildman–Crippen MR) is 83.4 cm³/mol. The Morgan fingerprint density at radius 1 is 0.789 bits per heavy atom. The molecule has 0 fully saturated rings. The summed E-state index contributed by atoms with van der Waals surface area (Å²) in [4.78, 5) is 0. The number of hydrogen-bond acceptors (Lipinski definition) is 0. The summed E-state index contributed by atoms with van der Waals surface area (Å²) in [7, 11) is 0. The molecule has 0 saturated carbocycles. The van der Waals surface area contributed by atoms with Gasteiger partial charge in [-0.05, 0) is 73.1 Å². The van der Waals surface area contributed by atoms with Gasteiger partial charge in [0, 0.05) is 0 Å². The van der Waals surface area contributed by atoms with Gasteiger partial charge in [0.25, 0.3) is 0 Å². The molecule has 0 nitrogen and oxygen atoms in total. The van der Waals surface area contributed by atoms with Gasteiger partial charge in [-0.1, -0.05) is 42.0 Å². The summed E-state index contributed by atoms with van der Waals surface area (Å²) in [5.74, 6) is 0. The third-order valence-corrected chi connectivity index (χ3v) is 4.19. The first-order valence-corrected chi connectivity index (χ1v) is 6.94. The fraction of sp³-hybridized carbons (Fsp3) is 0.263. The monoisotopic (exact) mass is 248 g/mol. The van der Waals surface area contributed by atoms with E-state index in [9.17, 15) is 0 Å². The van der Waals surface area contributed by atoms with E-state index < -0.39 is 0 Å². The van der Waals surface area contributed by atoms with Crippen molar-refractivity contribution in [2.75, 3.05) is 0 Å². The molecule has 96 valence electrons. The van der Waals surface area contributed by atoms with Crippen molar-refractivity contribution >= 4 is 6.08 Å². The minimum atomic E-state index is 1.11. The van der Waals surface area contributed by atoms with E-state index in [1.165, 1.54) is 44.5 Å². The Morgan fingerprint density at radius 2 is 1.47 bits per heavy atom. The van der Waals surface area contributed by atoms with Crippen molar-refractivity contribution in [1.29, 1.82) is 0 Å². The van der Waals surface area contributed by atoms with Crippen molar-refractivity contribution in [3.8, 4) is 11.1 Å². The SMILES string of the molecule is CC1=Cc2c(-c3c(C)cccc3C)ccc(C)c2C1. The highest BCUT2D eigenvalue weighted by atomic mass is 14.2. The van der Waals surface area contributed by atoms with Crippen molar-refractivity contribution in [2.45, 2.75) is 34.1 Å².